The molecule has 0 aliphatic heterocycles. The summed E-state index contributed by atoms with van der Waals surface area (Å²) in [7, 11) is 1.40. The van der Waals surface area contributed by atoms with E-state index >= 15 is 0 Å². The molecule has 84 valence electrons. The molecule has 0 amide bonds. The van der Waals surface area contributed by atoms with Crippen LogP contribution in [-0.4, -0.2) is 18.4 Å². The van der Waals surface area contributed by atoms with E-state index in [1.165, 1.54) is 25.3 Å². The molecular formula is C9H8BrF3O2. The normalized spacial score (nSPS) is 13.7. The maximum Gasteiger partial charge on any atom is 0.418 e. The Bertz CT molecular complexity index is 352. The Balaban J connectivity index is 3.02. The van der Waals surface area contributed by atoms with Crippen LogP contribution in [-0.2, 0) is 0 Å². The zero-order valence-corrected chi connectivity index (χ0v) is 9.26. The molecule has 0 bridgehead atoms. The van der Waals surface area contributed by atoms with Gasteiger partial charge in [-0.2, -0.15) is 13.2 Å². The Kier molecular flexibility index (Phi) is 3.62. The number of ether oxygens (including phenoxy) is 1. The lowest BCUT2D eigenvalue weighted by molar-refractivity contribution is -0.206. The number of aliphatic hydroxyl groups excluding tert-OH is 1. The second-order valence-electron chi connectivity index (χ2n) is 2.84. The standard InChI is InChI=1S/C9H8BrF3O2/c1-15-7-3-2-5(4-6(7)10)8(14)9(11,12)13/h2-4,8,14H,1H3/t8-/m0/s1. The molecule has 0 radical (unpaired) electrons. The van der Waals surface area contributed by atoms with Gasteiger partial charge < -0.3 is 9.84 Å². The van der Waals surface area contributed by atoms with Crippen molar-refractivity contribution in [2.75, 3.05) is 7.11 Å². The number of methoxy groups -OCH3 is 1. The fraction of sp³-hybridized carbons (Fsp3) is 0.333. The molecule has 2 nitrogen and oxygen atoms in total. The van der Waals surface area contributed by atoms with Gasteiger partial charge in [0.15, 0.2) is 6.10 Å². The number of benzene rings is 1. The molecule has 0 heterocycles. The van der Waals surface area contributed by atoms with Crippen molar-refractivity contribution < 1.29 is 23.0 Å². The fourth-order valence-corrected chi connectivity index (χ4v) is 1.60. The van der Waals surface area contributed by atoms with Crippen molar-refractivity contribution in [2.45, 2.75) is 12.3 Å². The van der Waals surface area contributed by atoms with Crippen LogP contribution in [0, 0.1) is 0 Å². The van der Waals surface area contributed by atoms with Crippen LogP contribution < -0.4 is 4.74 Å². The van der Waals surface area contributed by atoms with Crippen molar-refractivity contribution in [1.82, 2.24) is 0 Å². The Morgan fingerprint density at radius 3 is 2.40 bits per heavy atom. The van der Waals surface area contributed by atoms with Crippen molar-refractivity contribution >= 4 is 15.9 Å². The third-order valence-corrected chi connectivity index (χ3v) is 2.42. The van der Waals surface area contributed by atoms with Crippen LogP contribution in [0.5, 0.6) is 5.75 Å². The van der Waals surface area contributed by atoms with Crippen molar-refractivity contribution in [1.29, 1.82) is 0 Å². The monoisotopic (exact) mass is 284 g/mol. The zero-order chi connectivity index (χ0) is 11.6. The van der Waals surface area contributed by atoms with Gasteiger partial charge >= 0.3 is 6.18 Å². The predicted octanol–water partition coefficient (Wildman–Crippen LogP) is 3.05. The first kappa shape index (κ1) is 12.3. The summed E-state index contributed by atoms with van der Waals surface area (Å²) in [6.07, 6.45) is -7.13. The second kappa shape index (κ2) is 4.40. The Morgan fingerprint density at radius 1 is 1.40 bits per heavy atom. The van der Waals surface area contributed by atoms with Gasteiger partial charge in [-0.05, 0) is 33.6 Å². The lowest BCUT2D eigenvalue weighted by Gasteiger charge is -2.15. The quantitative estimate of drug-likeness (QED) is 0.905. The summed E-state index contributed by atoms with van der Waals surface area (Å²) < 4.78 is 41.7. The number of rotatable bonds is 2. The smallest absolute Gasteiger partial charge is 0.418 e. The van der Waals surface area contributed by atoms with Crippen molar-refractivity contribution in [3.05, 3.63) is 28.2 Å². The minimum absolute atomic E-state index is 0.227. The molecule has 0 spiro atoms. The number of aliphatic hydroxyl groups is 1. The van der Waals surface area contributed by atoms with E-state index in [2.05, 4.69) is 15.9 Å². The lowest BCUT2D eigenvalue weighted by atomic mass is 10.1. The summed E-state index contributed by atoms with van der Waals surface area (Å²) in [5.74, 6) is 0.410. The third kappa shape index (κ3) is 2.85. The minimum atomic E-state index is -4.66. The van der Waals surface area contributed by atoms with Crippen LogP contribution in [0.2, 0.25) is 0 Å². The van der Waals surface area contributed by atoms with Gasteiger partial charge in [-0.1, -0.05) is 6.07 Å². The molecule has 1 atom stereocenters. The zero-order valence-electron chi connectivity index (χ0n) is 7.68. The van der Waals surface area contributed by atoms with E-state index in [1.807, 2.05) is 0 Å². The SMILES string of the molecule is COc1ccc([C@H](O)C(F)(F)F)cc1Br. The average Bonchev–Trinajstić information content (AvgIpc) is 2.15. The van der Waals surface area contributed by atoms with Gasteiger partial charge in [0.25, 0.3) is 0 Å². The van der Waals surface area contributed by atoms with Gasteiger partial charge in [0, 0.05) is 0 Å². The first-order valence-corrected chi connectivity index (χ1v) is 4.73. The summed E-state index contributed by atoms with van der Waals surface area (Å²) in [5, 5.41) is 8.96. The molecule has 0 fully saturated rings. The number of halogens is 4. The second-order valence-corrected chi connectivity index (χ2v) is 3.69. The van der Waals surface area contributed by atoms with Crippen molar-refractivity contribution in [2.24, 2.45) is 0 Å². The molecule has 1 N–H and O–H groups in total. The number of hydrogen-bond acceptors (Lipinski definition) is 2. The van der Waals surface area contributed by atoms with E-state index in [0.29, 0.717) is 10.2 Å². The molecule has 15 heavy (non-hydrogen) atoms. The van der Waals surface area contributed by atoms with E-state index in [4.69, 9.17) is 9.84 Å². The first-order valence-electron chi connectivity index (χ1n) is 3.94. The highest BCUT2D eigenvalue weighted by Gasteiger charge is 2.39. The van der Waals surface area contributed by atoms with E-state index in [0.717, 1.165) is 0 Å². The first-order chi connectivity index (χ1) is 6.86. The molecule has 0 saturated carbocycles. The largest absolute Gasteiger partial charge is 0.496 e. The summed E-state index contributed by atoms with van der Waals surface area (Å²) >= 11 is 3.04. The maximum absolute atomic E-state index is 12.2. The number of alkyl halides is 3. The van der Waals surface area contributed by atoms with Crippen LogP contribution in [0.4, 0.5) is 13.2 Å². The highest BCUT2D eigenvalue weighted by Crippen LogP contribution is 2.35. The van der Waals surface area contributed by atoms with Crippen LogP contribution in [0.15, 0.2) is 22.7 Å². The van der Waals surface area contributed by atoms with Crippen LogP contribution in [0.3, 0.4) is 0 Å². The van der Waals surface area contributed by atoms with E-state index in [-0.39, 0.29) is 5.56 Å². The lowest BCUT2D eigenvalue weighted by Crippen LogP contribution is -2.20. The van der Waals surface area contributed by atoms with E-state index in [9.17, 15) is 13.2 Å². The Labute approximate surface area is 92.8 Å². The molecule has 0 saturated heterocycles. The molecular weight excluding hydrogens is 277 g/mol. The van der Waals surface area contributed by atoms with Gasteiger partial charge in [0.2, 0.25) is 0 Å². The maximum atomic E-state index is 12.2. The summed E-state index contributed by atoms with van der Waals surface area (Å²) in [6.45, 7) is 0. The van der Waals surface area contributed by atoms with Crippen molar-refractivity contribution in [3.63, 3.8) is 0 Å². The highest BCUT2D eigenvalue weighted by molar-refractivity contribution is 9.10. The van der Waals surface area contributed by atoms with Gasteiger partial charge in [-0.3, -0.25) is 0 Å². The van der Waals surface area contributed by atoms with E-state index < -0.39 is 12.3 Å². The molecule has 1 aromatic carbocycles. The van der Waals surface area contributed by atoms with Gasteiger partial charge in [0.05, 0.1) is 11.6 Å². The van der Waals surface area contributed by atoms with Crippen LogP contribution in [0.1, 0.15) is 11.7 Å². The van der Waals surface area contributed by atoms with Crippen molar-refractivity contribution in [3.8, 4) is 5.75 Å². The fourth-order valence-electron chi connectivity index (χ4n) is 1.04. The van der Waals surface area contributed by atoms with Gasteiger partial charge in [0.1, 0.15) is 5.75 Å². The van der Waals surface area contributed by atoms with Gasteiger partial charge in [-0.25, -0.2) is 0 Å². The average molecular weight is 285 g/mol. The van der Waals surface area contributed by atoms with Crippen LogP contribution in [0.25, 0.3) is 0 Å². The molecule has 0 unspecified atom stereocenters. The number of hydrogen-bond donors (Lipinski definition) is 1. The molecule has 1 aromatic rings. The highest BCUT2D eigenvalue weighted by atomic mass is 79.9. The minimum Gasteiger partial charge on any atom is -0.496 e. The van der Waals surface area contributed by atoms with Crippen LogP contribution >= 0.6 is 15.9 Å². The Morgan fingerprint density at radius 2 is 2.00 bits per heavy atom. The molecule has 0 aliphatic rings. The molecule has 0 aromatic heterocycles. The predicted molar refractivity (Wildman–Crippen MR) is 51.7 cm³/mol. The molecule has 6 heteroatoms. The Hall–Kier alpha value is -0.750. The van der Waals surface area contributed by atoms with Gasteiger partial charge in [-0.15, -0.1) is 0 Å². The van der Waals surface area contributed by atoms with E-state index in [1.54, 1.807) is 0 Å². The molecule has 0 aliphatic carbocycles. The molecule has 1 rings (SSSR count). The summed E-state index contributed by atoms with van der Waals surface area (Å²) in [6, 6.07) is 3.70. The summed E-state index contributed by atoms with van der Waals surface area (Å²) in [4.78, 5) is 0. The third-order valence-electron chi connectivity index (χ3n) is 1.80. The summed E-state index contributed by atoms with van der Waals surface area (Å²) in [5.41, 5.74) is -0.227. The topological polar surface area (TPSA) is 29.5 Å².